The summed E-state index contributed by atoms with van der Waals surface area (Å²) in [5.41, 5.74) is 6.35. The first-order chi connectivity index (χ1) is 9.49. The van der Waals surface area contributed by atoms with E-state index in [9.17, 15) is 8.42 Å². The summed E-state index contributed by atoms with van der Waals surface area (Å²) in [5, 5.41) is 8.79. The molecule has 0 unspecified atom stereocenters. The number of sulfonamides is 1. The molecule has 20 heavy (non-hydrogen) atoms. The zero-order valence-electron chi connectivity index (χ0n) is 11.7. The molecule has 0 aromatic heterocycles. The summed E-state index contributed by atoms with van der Waals surface area (Å²) in [7, 11) is -3.25. The Bertz CT molecular complexity index is 506. The number of nitrogens with two attached hydrogens (primary N) is 1. The number of aliphatic hydroxyl groups excluding tert-OH is 1. The van der Waals surface area contributed by atoms with Crippen molar-refractivity contribution in [3.8, 4) is 0 Å². The van der Waals surface area contributed by atoms with Gasteiger partial charge in [0, 0.05) is 36.0 Å². The third-order valence-corrected chi connectivity index (χ3v) is 5.98. The quantitative estimate of drug-likeness (QED) is 0.531. The van der Waals surface area contributed by atoms with Gasteiger partial charge in [-0.2, -0.15) is 0 Å². The van der Waals surface area contributed by atoms with Gasteiger partial charge < -0.3 is 10.8 Å². The van der Waals surface area contributed by atoms with E-state index in [-0.39, 0.29) is 12.4 Å². The maximum atomic E-state index is 12.1. The molecule has 0 bridgehead atoms. The van der Waals surface area contributed by atoms with Crippen molar-refractivity contribution in [2.75, 3.05) is 36.9 Å². The fourth-order valence-electron chi connectivity index (χ4n) is 1.74. The highest BCUT2D eigenvalue weighted by atomic mass is 32.2. The van der Waals surface area contributed by atoms with Crippen LogP contribution in [0.2, 0.25) is 0 Å². The highest BCUT2D eigenvalue weighted by Gasteiger charge is 2.19. The summed E-state index contributed by atoms with van der Waals surface area (Å²) < 4.78 is 25.7. The predicted octanol–water partition coefficient (Wildman–Crippen LogP) is 1.40. The third kappa shape index (κ3) is 5.70. The summed E-state index contributed by atoms with van der Waals surface area (Å²) in [4.78, 5) is 0.971. The Hall–Kier alpha value is -0.760. The number of hydrogen-bond acceptors (Lipinski definition) is 5. The Morgan fingerprint density at radius 3 is 2.75 bits per heavy atom. The van der Waals surface area contributed by atoms with Crippen LogP contribution in [0.4, 0.5) is 5.69 Å². The number of nitrogen functional groups attached to an aromatic ring is 1. The zero-order valence-corrected chi connectivity index (χ0v) is 13.3. The molecule has 0 amide bonds. The molecule has 7 heteroatoms. The van der Waals surface area contributed by atoms with Gasteiger partial charge in [-0.05, 0) is 24.6 Å². The molecule has 5 nitrogen and oxygen atoms in total. The molecule has 1 aromatic carbocycles. The smallest absolute Gasteiger partial charge is 0.214 e. The second-order valence-corrected chi connectivity index (χ2v) is 7.56. The number of aliphatic hydroxyl groups is 1. The maximum absolute atomic E-state index is 12.1. The third-order valence-electron chi connectivity index (χ3n) is 2.78. The molecule has 3 N–H and O–H groups in total. The molecule has 0 atom stereocenters. The highest BCUT2D eigenvalue weighted by molar-refractivity contribution is 8.00. The second-order valence-electron chi connectivity index (χ2n) is 4.31. The lowest BCUT2D eigenvalue weighted by Gasteiger charge is -2.19. The SMILES string of the molecule is CCN(CCCO)S(=O)(=O)CCSc1cccc(N)c1. The van der Waals surface area contributed by atoms with Crippen LogP contribution in [0.25, 0.3) is 0 Å². The summed E-state index contributed by atoms with van der Waals surface area (Å²) in [6, 6.07) is 7.40. The molecule has 0 radical (unpaired) electrons. The van der Waals surface area contributed by atoms with E-state index in [1.165, 1.54) is 16.1 Å². The number of benzene rings is 1. The predicted molar refractivity (Wildman–Crippen MR) is 84.3 cm³/mol. The van der Waals surface area contributed by atoms with E-state index < -0.39 is 10.0 Å². The molecule has 0 aliphatic heterocycles. The minimum absolute atomic E-state index is 0.00403. The van der Waals surface area contributed by atoms with E-state index in [1.807, 2.05) is 18.2 Å². The van der Waals surface area contributed by atoms with E-state index in [2.05, 4.69) is 0 Å². The summed E-state index contributed by atoms with van der Waals surface area (Å²) in [6.07, 6.45) is 0.468. The normalized spacial score (nSPS) is 11.9. The van der Waals surface area contributed by atoms with Crippen LogP contribution in [-0.4, -0.2) is 49.0 Å². The van der Waals surface area contributed by atoms with Crippen LogP contribution >= 0.6 is 11.8 Å². The van der Waals surface area contributed by atoms with Crippen LogP contribution in [0, 0.1) is 0 Å². The average Bonchev–Trinajstić information content (AvgIpc) is 2.39. The van der Waals surface area contributed by atoms with Gasteiger partial charge in [-0.25, -0.2) is 12.7 Å². The van der Waals surface area contributed by atoms with E-state index in [0.29, 0.717) is 31.0 Å². The van der Waals surface area contributed by atoms with Gasteiger partial charge in [0.2, 0.25) is 10.0 Å². The number of anilines is 1. The molecular formula is C13H22N2O3S2. The van der Waals surface area contributed by atoms with Gasteiger partial charge in [0.05, 0.1) is 5.75 Å². The molecule has 0 saturated heterocycles. The molecule has 1 aromatic rings. The Balaban J connectivity index is 2.50. The van der Waals surface area contributed by atoms with E-state index in [4.69, 9.17) is 10.8 Å². The van der Waals surface area contributed by atoms with Crippen LogP contribution in [-0.2, 0) is 10.0 Å². The topological polar surface area (TPSA) is 83.6 Å². The summed E-state index contributed by atoms with van der Waals surface area (Å²) in [6.45, 7) is 2.62. The highest BCUT2D eigenvalue weighted by Crippen LogP contribution is 2.20. The molecule has 0 spiro atoms. The Morgan fingerprint density at radius 2 is 2.15 bits per heavy atom. The van der Waals surface area contributed by atoms with Crippen molar-refractivity contribution < 1.29 is 13.5 Å². The monoisotopic (exact) mass is 318 g/mol. The molecule has 114 valence electrons. The van der Waals surface area contributed by atoms with Crippen molar-refractivity contribution in [1.29, 1.82) is 0 Å². The minimum atomic E-state index is -3.25. The standard InChI is InChI=1S/C13H22N2O3S2/c1-2-15(7-4-8-16)20(17,18)10-9-19-13-6-3-5-12(14)11-13/h3,5-6,11,16H,2,4,7-10,14H2,1H3. The second kappa shape index (κ2) is 8.51. The van der Waals surface area contributed by atoms with Gasteiger partial charge >= 0.3 is 0 Å². The summed E-state index contributed by atoms with van der Waals surface area (Å²) in [5.74, 6) is 0.577. The van der Waals surface area contributed by atoms with Crippen molar-refractivity contribution in [3.63, 3.8) is 0 Å². The fourth-order valence-corrected chi connectivity index (χ4v) is 4.60. The maximum Gasteiger partial charge on any atom is 0.214 e. The van der Waals surface area contributed by atoms with Crippen LogP contribution in [0.5, 0.6) is 0 Å². The first-order valence-corrected chi connectivity index (χ1v) is 9.16. The first kappa shape index (κ1) is 17.3. The van der Waals surface area contributed by atoms with Crippen molar-refractivity contribution in [3.05, 3.63) is 24.3 Å². The van der Waals surface area contributed by atoms with E-state index in [1.54, 1.807) is 13.0 Å². The Kier molecular flexibility index (Phi) is 7.36. The van der Waals surface area contributed by atoms with E-state index in [0.717, 1.165) is 4.90 Å². The van der Waals surface area contributed by atoms with Gasteiger partial charge in [0.1, 0.15) is 0 Å². The fraction of sp³-hybridized carbons (Fsp3) is 0.538. The number of thioether (sulfide) groups is 1. The lowest BCUT2D eigenvalue weighted by molar-refractivity contribution is 0.271. The molecule has 0 fully saturated rings. The lowest BCUT2D eigenvalue weighted by Crippen LogP contribution is -2.34. The van der Waals surface area contributed by atoms with Gasteiger partial charge in [0.15, 0.2) is 0 Å². The largest absolute Gasteiger partial charge is 0.399 e. The van der Waals surface area contributed by atoms with Crippen LogP contribution in [0.15, 0.2) is 29.2 Å². The number of nitrogens with zero attached hydrogens (tertiary/aromatic N) is 1. The Morgan fingerprint density at radius 1 is 1.40 bits per heavy atom. The van der Waals surface area contributed by atoms with Gasteiger partial charge in [0.25, 0.3) is 0 Å². The molecule has 0 aliphatic carbocycles. The van der Waals surface area contributed by atoms with Crippen molar-refractivity contribution in [2.24, 2.45) is 0 Å². The number of rotatable bonds is 9. The minimum Gasteiger partial charge on any atom is -0.399 e. The molecule has 0 aliphatic rings. The van der Waals surface area contributed by atoms with Crippen LogP contribution < -0.4 is 5.73 Å². The van der Waals surface area contributed by atoms with Crippen molar-refractivity contribution in [2.45, 2.75) is 18.2 Å². The van der Waals surface area contributed by atoms with Gasteiger partial charge in [-0.1, -0.05) is 13.0 Å². The molecule has 1 rings (SSSR count). The van der Waals surface area contributed by atoms with Crippen LogP contribution in [0.3, 0.4) is 0 Å². The molecular weight excluding hydrogens is 296 g/mol. The average molecular weight is 318 g/mol. The summed E-state index contributed by atoms with van der Waals surface area (Å²) >= 11 is 1.48. The lowest BCUT2D eigenvalue weighted by atomic mass is 10.3. The number of hydrogen-bond donors (Lipinski definition) is 2. The van der Waals surface area contributed by atoms with Crippen LogP contribution in [0.1, 0.15) is 13.3 Å². The first-order valence-electron chi connectivity index (χ1n) is 6.56. The van der Waals surface area contributed by atoms with E-state index >= 15 is 0 Å². The zero-order chi connectivity index (χ0) is 15.0. The van der Waals surface area contributed by atoms with Gasteiger partial charge in [-0.3, -0.25) is 0 Å². The Labute approximate surface area is 125 Å². The van der Waals surface area contributed by atoms with Crippen molar-refractivity contribution >= 4 is 27.5 Å². The molecule has 0 heterocycles. The van der Waals surface area contributed by atoms with Gasteiger partial charge in [-0.15, -0.1) is 11.8 Å². The molecule has 0 saturated carbocycles. The van der Waals surface area contributed by atoms with Crippen molar-refractivity contribution in [1.82, 2.24) is 4.31 Å².